The number of hydrogen-bond donors (Lipinski definition) is 3. The number of aromatic nitrogens is 2. The zero-order valence-electron chi connectivity index (χ0n) is 15.7. The molecule has 0 unspecified atom stereocenters. The molecule has 0 aliphatic rings. The zero-order valence-corrected chi connectivity index (χ0v) is 16.5. The molecular weight excluding hydrogens is 464 g/mol. The molecule has 0 radical (unpaired) electrons. The van der Waals surface area contributed by atoms with Crippen molar-refractivity contribution in [2.24, 2.45) is 4.99 Å². The fourth-order valence-corrected chi connectivity index (χ4v) is 2.56. The molecule has 3 rings (SSSR count). The number of halogens is 7. The topological polar surface area (TPSA) is 82.2 Å². The van der Waals surface area contributed by atoms with Gasteiger partial charge in [0.2, 0.25) is 5.96 Å². The number of carbonyl (C=O) groups excluding carboxylic acids is 1. The van der Waals surface area contributed by atoms with E-state index in [2.05, 4.69) is 20.7 Å². The van der Waals surface area contributed by atoms with Crippen molar-refractivity contribution < 1.29 is 31.1 Å². The lowest BCUT2D eigenvalue weighted by atomic mass is 10.2. The van der Waals surface area contributed by atoms with Crippen molar-refractivity contribution in [2.75, 3.05) is 5.32 Å². The highest BCUT2D eigenvalue weighted by Gasteiger charge is 2.33. The Labute approximate surface area is 181 Å². The molecule has 0 saturated heterocycles. The Kier molecular flexibility index (Phi) is 6.72. The number of nitrogens with zero attached hydrogens (tertiary/aromatic N) is 2. The summed E-state index contributed by atoms with van der Waals surface area (Å²) in [5.74, 6) is -5.00. The number of carbonyl (C=O) groups is 1. The van der Waals surface area contributed by atoms with Gasteiger partial charge in [-0.3, -0.25) is 9.89 Å². The molecule has 0 bridgehead atoms. The van der Waals surface area contributed by atoms with E-state index in [1.807, 2.05) is 0 Å². The van der Waals surface area contributed by atoms with Gasteiger partial charge in [0, 0.05) is 28.8 Å². The molecule has 6 nitrogen and oxygen atoms in total. The smallest absolute Gasteiger partial charge is 0.351 e. The fraction of sp³-hybridized carbons (Fsp3) is 0.105. The Morgan fingerprint density at radius 2 is 1.78 bits per heavy atom. The third-order valence-corrected chi connectivity index (χ3v) is 4.21. The third-order valence-electron chi connectivity index (χ3n) is 3.97. The number of hydrogen-bond acceptors (Lipinski definition) is 2. The fourth-order valence-electron chi connectivity index (χ4n) is 2.40. The van der Waals surface area contributed by atoms with E-state index < -0.39 is 41.2 Å². The van der Waals surface area contributed by atoms with Crippen molar-refractivity contribution in [2.45, 2.75) is 12.7 Å². The molecule has 1 amide bonds. The van der Waals surface area contributed by atoms with Gasteiger partial charge in [-0.2, -0.15) is 23.3 Å². The molecule has 2 aromatic carbocycles. The molecule has 0 spiro atoms. The summed E-state index contributed by atoms with van der Waals surface area (Å²) in [4.78, 5) is 16.0. The average Bonchev–Trinajstić information content (AvgIpc) is 3.18. The molecule has 32 heavy (non-hydrogen) atoms. The van der Waals surface area contributed by atoms with Gasteiger partial charge in [-0.25, -0.2) is 13.2 Å². The van der Waals surface area contributed by atoms with Gasteiger partial charge in [0.1, 0.15) is 11.5 Å². The Morgan fingerprint density at radius 1 is 1.03 bits per heavy atom. The molecule has 1 aromatic heterocycles. The number of rotatable bonds is 4. The molecule has 3 aromatic rings. The number of nitrogens with one attached hydrogen (secondary N) is 3. The Hall–Kier alpha value is -3.54. The van der Waals surface area contributed by atoms with Crippen molar-refractivity contribution in [1.29, 1.82) is 0 Å². The van der Waals surface area contributed by atoms with E-state index >= 15 is 0 Å². The number of anilines is 1. The number of aliphatic imine (C=N–C) groups is 1. The molecule has 168 valence electrons. The van der Waals surface area contributed by atoms with Crippen LogP contribution in [0.2, 0.25) is 5.02 Å². The van der Waals surface area contributed by atoms with Crippen LogP contribution < -0.4 is 10.6 Å². The van der Waals surface area contributed by atoms with Gasteiger partial charge < -0.3 is 10.6 Å². The van der Waals surface area contributed by atoms with E-state index in [0.717, 1.165) is 12.1 Å². The zero-order chi connectivity index (χ0) is 23.5. The van der Waals surface area contributed by atoms with Crippen LogP contribution in [0.3, 0.4) is 0 Å². The predicted octanol–water partition coefficient (Wildman–Crippen LogP) is 4.90. The minimum absolute atomic E-state index is 0.0992. The second-order valence-electron chi connectivity index (χ2n) is 6.27. The maximum absolute atomic E-state index is 14.0. The number of benzene rings is 2. The number of guanidine groups is 1. The van der Waals surface area contributed by atoms with Crippen LogP contribution in [-0.2, 0) is 12.7 Å². The highest BCUT2D eigenvalue weighted by molar-refractivity contribution is 6.30. The van der Waals surface area contributed by atoms with Crippen LogP contribution in [0.5, 0.6) is 0 Å². The van der Waals surface area contributed by atoms with E-state index in [1.54, 1.807) is 5.10 Å². The second-order valence-corrected chi connectivity index (χ2v) is 6.71. The van der Waals surface area contributed by atoms with Gasteiger partial charge in [-0.1, -0.05) is 17.7 Å². The predicted molar refractivity (Wildman–Crippen MR) is 104 cm³/mol. The summed E-state index contributed by atoms with van der Waals surface area (Å²) in [5.41, 5.74) is -1.40. The van der Waals surface area contributed by atoms with Gasteiger partial charge in [0.05, 0.1) is 0 Å². The minimum Gasteiger partial charge on any atom is -0.351 e. The molecule has 0 aliphatic carbocycles. The average molecular weight is 476 g/mol. The van der Waals surface area contributed by atoms with Crippen molar-refractivity contribution in [3.63, 3.8) is 0 Å². The van der Waals surface area contributed by atoms with Crippen LogP contribution in [0.15, 0.2) is 47.5 Å². The highest BCUT2D eigenvalue weighted by atomic mass is 35.5. The van der Waals surface area contributed by atoms with Crippen LogP contribution in [0.4, 0.5) is 32.2 Å². The molecule has 0 fully saturated rings. The number of aromatic amines is 1. The van der Waals surface area contributed by atoms with Crippen molar-refractivity contribution in [3.05, 3.63) is 81.8 Å². The van der Waals surface area contributed by atoms with E-state index in [9.17, 15) is 31.1 Å². The maximum Gasteiger partial charge on any atom is 0.432 e. The first kappa shape index (κ1) is 23.1. The summed E-state index contributed by atoms with van der Waals surface area (Å²) < 4.78 is 78.8. The monoisotopic (exact) mass is 475 g/mol. The van der Waals surface area contributed by atoms with Gasteiger partial charge >= 0.3 is 6.18 Å². The van der Waals surface area contributed by atoms with Gasteiger partial charge in [0.15, 0.2) is 17.5 Å². The van der Waals surface area contributed by atoms with Gasteiger partial charge in [-0.05, 0) is 30.3 Å². The molecule has 13 heteroatoms. The lowest BCUT2D eigenvalue weighted by Crippen LogP contribution is -2.31. The summed E-state index contributed by atoms with van der Waals surface area (Å²) in [7, 11) is 0. The standard InChI is InChI=1S/C19H12ClF6N5O/c20-11-3-1-10(13(22)6-11)8-27-18(28-16-7-15(30-31-16)19(24,25)26)29-17(32)9-2-4-12(21)14(23)5-9/h1-7H,8H2,(H3,27,28,29,30,31,32). The summed E-state index contributed by atoms with van der Waals surface area (Å²) in [5, 5.41) is 10.2. The SMILES string of the molecule is O=C(/N=C(/NCc1ccc(Cl)cc1F)Nc1cc(C(F)(F)F)[nH]n1)c1ccc(F)c(F)c1. The lowest BCUT2D eigenvalue weighted by Gasteiger charge is -2.11. The summed E-state index contributed by atoms with van der Waals surface area (Å²) in [6, 6.07) is 6.69. The lowest BCUT2D eigenvalue weighted by molar-refractivity contribution is -0.141. The summed E-state index contributed by atoms with van der Waals surface area (Å²) in [6.45, 7) is -0.254. The first-order valence-corrected chi connectivity index (χ1v) is 9.06. The largest absolute Gasteiger partial charge is 0.432 e. The summed E-state index contributed by atoms with van der Waals surface area (Å²) in [6.07, 6.45) is -4.70. The van der Waals surface area contributed by atoms with E-state index in [4.69, 9.17) is 11.6 Å². The van der Waals surface area contributed by atoms with Crippen molar-refractivity contribution >= 4 is 29.3 Å². The van der Waals surface area contributed by atoms with Gasteiger partial charge in [0.25, 0.3) is 5.91 Å². The molecule has 0 saturated carbocycles. The van der Waals surface area contributed by atoms with Crippen molar-refractivity contribution in [3.8, 4) is 0 Å². The van der Waals surface area contributed by atoms with Crippen LogP contribution in [0, 0.1) is 17.5 Å². The highest BCUT2D eigenvalue weighted by Crippen LogP contribution is 2.28. The van der Waals surface area contributed by atoms with E-state index in [-0.39, 0.29) is 28.5 Å². The number of H-pyrrole nitrogens is 1. The Balaban J connectivity index is 1.86. The second kappa shape index (κ2) is 9.30. The van der Waals surface area contributed by atoms with Crippen LogP contribution in [0.25, 0.3) is 0 Å². The first-order chi connectivity index (χ1) is 15.0. The minimum atomic E-state index is -4.70. The third kappa shape index (κ3) is 5.78. The maximum atomic E-state index is 14.0. The van der Waals surface area contributed by atoms with E-state index in [1.165, 1.54) is 12.1 Å². The normalized spacial score (nSPS) is 12.0. The quantitative estimate of drug-likeness (QED) is 0.285. The summed E-state index contributed by atoms with van der Waals surface area (Å²) >= 11 is 5.68. The number of alkyl halides is 3. The van der Waals surface area contributed by atoms with E-state index in [0.29, 0.717) is 18.2 Å². The van der Waals surface area contributed by atoms with Gasteiger partial charge in [-0.15, -0.1) is 0 Å². The molecule has 3 N–H and O–H groups in total. The van der Waals surface area contributed by atoms with Crippen LogP contribution in [-0.4, -0.2) is 22.1 Å². The Morgan fingerprint density at radius 3 is 2.41 bits per heavy atom. The molecule has 0 aliphatic heterocycles. The molecule has 0 atom stereocenters. The van der Waals surface area contributed by atoms with Crippen LogP contribution in [0.1, 0.15) is 21.6 Å². The molecule has 1 heterocycles. The first-order valence-electron chi connectivity index (χ1n) is 8.68. The Bertz CT molecular complexity index is 1180. The number of amides is 1. The van der Waals surface area contributed by atoms with Crippen LogP contribution >= 0.6 is 11.6 Å². The molecular formula is C19H12ClF6N5O. The van der Waals surface area contributed by atoms with Crippen molar-refractivity contribution in [1.82, 2.24) is 15.5 Å².